The Kier molecular flexibility index (Phi) is 7.27. The normalized spacial score (nSPS) is 14.6. The molecule has 1 atom stereocenters. The summed E-state index contributed by atoms with van der Waals surface area (Å²) in [5.41, 5.74) is 3.10. The highest BCUT2D eigenvalue weighted by Gasteiger charge is 2.35. The molecule has 0 saturated carbocycles. The number of nitrogens with one attached hydrogen (secondary N) is 3. The summed E-state index contributed by atoms with van der Waals surface area (Å²) in [6, 6.07) is 17.9. The summed E-state index contributed by atoms with van der Waals surface area (Å²) < 4.78 is 5.26. The van der Waals surface area contributed by atoms with Crippen molar-refractivity contribution in [3.63, 3.8) is 0 Å². The Morgan fingerprint density at radius 3 is 2.56 bits per heavy atom. The average molecular weight is 617 g/mol. The van der Waals surface area contributed by atoms with Gasteiger partial charge in [0.25, 0.3) is 11.8 Å². The maximum absolute atomic E-state index is 13.8. The van der Waals surface area contributed by atoms with Gasteiger partial charge in [0.15, 0.2) is 0 Å². The van der Waals surface area contributed by atoms with E-state index in [1.54, 1.807) is 67.4 Å². The lowest BCUT2D eigenvalue weighted by molar-refractivity contribution is 0.0635. The van der Waals surface area contributed by atoms with Crippen LogP contribution in [0.2, 0.25) is 0 Å². The SMILES string of the molecule is CC(C)(C)OC(=O)Nc1csc(C(=O)Nc2ccc3[nH]c(C(=O)N4C[C@@H](CCl)c5c4cc(O)c4ccccc54)cc3c2)c1. The number of carbonyl (C=O) groups is 3. The molecule has 9 nitrogen and oxygen atoms in total. The molecule has 0 fully saturated rings. The van der Waals surface area contributed by atoms with Crippen molar-refractivity contribution in [1.82, 2.24) is 4.98 Å². The number of aromatic hydroxyl groups is 1. The molecule has 43 heavy (non-hydrogen) atoms. The number of aromatic nitrogens is 1. The minimum atomic E-state index is -0.634. The summed E-state index contributed by atoms with van der Waals surface area (Å²) in [4.78, 5) is 44.0. The number of halogens is 1. The predicted molar refractivity (Wildman–Crippen MR) is 171 cm³/mol. The molecule has 0 spiro atoms. The number of ether oxygens (including phenoxy) is 1. The van der Waals surface area contributed by atoms with Crippen molar-refractivity contribution < 1.29 is 24.2 Å². The third kappa shape index (κ3) is 5.63. The van der Waals surface area contributed by atoms with E-state index in [-0.39, 0.29) is 23.5 Å². The quantitative estimate of drug-likeness (QED) is 0.151. The van der Waals surface area contributed by atoms with E-state index in [9.17, 15) is 19.5 Å². The topological polar surface area (TPSA) is 124 Å². The van der Waals surface area contributed by atoms with Crippen LogP contribution in [-0.2, 0) is 4.74 Å². The minimum Gasteiger partial charge on any atom is -0.507 e. The number of rotatable bonds is 5. The Morgan fingerprint density at radius 2 is 1.81 bits per heavy atom. The number of H-pyrrole nitrogens is 1. The van der Waals surface area contributed by atoms with Crippen LogP contribution in [-0.4, -0.2) is 46.0 Å². The van der Waals surface area contributed by atoms with Gasteiger partial charge in [0.1, 0.15) is 17.0 Å². The molecule has 11 heteroatoms. The number of benzene rings is 3. The van der Waals surface area contributed by atoms with Crippen molar-refractivity contribution >= 4 is 79.6 Å². The largest absolute Gasteiger partial charge is 0.507 e. The van der Waals surface area contributed by atoms with Gasteiger partial charge in [-0.3, -0.25) is 14.9 Å². The van der Waals surface area contributed by atoms with E-state index in [4.69, 9.17) is 16.3 Å². The number of fused-ring (bicyclic) bond motifs is 4. The zero-order valence-corrected chi connectivity index (χ0v) is 25.2. The third-order valence-electron chi connectivity index (χ3n) is 7.15. The zero-order chi connectivity index (χ0) is 30.5. The molecule has 3 aromatic carbocycles. The Bertz CT molecular complexity index is 1910. The first kappa shape index (κ1) is 28.6. The summed E-state index contributed by atoms with van der Waals surface area (Å²) in [6.45, 7) is 5.71. The molecule has 1 aliphatic rings. The van der Waals surface area contributed by atoms with E-state index in [0.717, 1.165) is 27.2 Å². The van der Waals surface area contributed by atoms with Gasteiger partial charge in [-0.25, -0.2) is 4.79 Å². The summed E-state index contributed by atoms with van der Waals surface area (Å²) >= 11 is 7.53. The number of alkyl halides is 1. The number of hydrogen-bond donors (Lipinski definition) is 4. The fourth-order valence-electron chi connectivity index (χ4n) is 5.35. The highest BCUT2D eigenvalue weighted by molar-refractivity contribution is 7.12. The molecule has 3 heterocycles. The summed E-state index contributed by atoms with van der Waals surface area (Å²) in [5.74, 6) is -0.202. The van der Waals surface area contributed by atoms with Crippen LogP contribution >= 0.6 is 22.9 Å². The van der Waals surface area contributed by atoms with Crippen molar-refractivity contribution in [2.45, 2.75) is 32.3 Å². The van der Waals surface area contributed by atoms with E-state index in [0.29, 0.717) is 40.1 Å². The molecule has 1 aliphatic heterocycles. The number of anilines is 3. The lowest BCUT2D eigenvalue weighted by atomic mass is 9.95. The molecule has 0 saturated heterocycles. The monoisotopic (exact) mass is 616 g/mol. The van der Waals surface area contributed by atoms with Crippen molar-refractivity contribution in [1.29, 1.82) is 0 Å². The molecular formula is C32H29ClN4O5S. The van der Waals surface area contributed by atoms with Gasteiger partial charge in [0.05, 0.1) is 16.3 Å². The minimum absolute atomic E-state index is 0.0746. The first-order valence-electron chi connectivity index (χ1n) is 13.7. The second-order valence-corrected chi connectivity index (χ2v) is 12.6. The number of carbonyl (C=O) groups excluding carboxylic acids is 3. The van der Waals surface area contributed by atoms with E-state index in [2.05, 4.69) is 15.6 Å². The lowest BCUT2D eigenvalue weighted by Crippen LogP contribution is -2.30. The van der Waals surface area contributed by atoms with E-state index in [1.165, 1.54) is 11.3 Å². The zero-order valence-electron chi connectivity index (χ0n) is 23.7. The van der Waals surface area contributed by atoms with Gasteiger partial charge < -0.3 is 25.0 Å². The third-order valence-corrected chi connectivity index (χ3v) is 8.46. The highest BCUT2D eigenvalue weighted by Crippen LogP contribution is 2.45. The molecule has 6 rings (SSSR count). The van der Waals surface area contributed by atoms with Gasteiger partial charge in [0, 0.05) is 51.8 Å². The Hall–Kier alpha value is -4.54. The van der Waals surface area contributed by atoms with Crippen molar-refractivity contribution in [3.05, 3.63) is 82.2 Å². The number of thiophene rings is 1. The first-order chi connectivity index (χ1) is 20.5. The van der Waals surface area contributed by atoms with Crippen LogP contribution in [0, 0.1) is 0 Å². The van der Waals surface area contributed by atoms with Gasteiger partial charge in [0.2, 0.25) is 0 Å². The second-order valence-electron chi connectivity index (χ2n) is 11.4. The molecule has 0 unspecified atom stereocenters. The van der Waals surface area contributed by atoms with Gasteiger partial charge in [-0.05, 0) is 62.1 Å². The second kappa shape index (κ2) is 10.9. The average Bonchev–Trinajstić information content (AvgIpc) is 3.68. The van der Waals surface area contributed by atoms with E-state index >= 15 is 0 Å². The van der Waals surface area contributed by atoms with Crippen LogP contribution in [0.4, 0.5) is 21.9 Å². The standard InChI is InChI=1S/C32H29ClN4O5S/c1-32(2,3)42-31(41)35-20-12-27(43-16-20)29(39)34-19-8-9-23-17(10-19)11-24(36-23)30(40)37-15-18(14-33)28-22-7-5-4-6-21(22)26(38)13-25(28)37/h4-13,16,18,36,38H,14-15H2,1-3H3,(H,34,39)(H,35,41)/t18-/m1/s1. The van der Waals surface area contributed by atoms with Crippen LogP contribution in [0.1, 0.15) is 52.4 Å². The molecule has 3 amide bonds. The van der Waals surface area contributed by atoms with Crippen LogP contribution < -0.4 is 15.5 Å². The number of amides is 3. The van der Waals surface area contributed by atoms with Gasteiger partial charge in [-0.2, -0.15) is 0 Å². The number of nitrogens with zero attached hydrogens (tertiary/aromatic N) is 1. The fourth-order valence-corrected chi connectivity index (χ4v) is 6.34. The summed E-state index contributed by atoms with van der Waals surface area (Å²) in [6.07, 6.45) is -0.596. The lowest BCUT2D eigenvalue weighted by Gasteiger charge is -2.19. The Labute approximate surface area is 256 Å². The van der Waals surface area contributed by atoms with Crippen molar-refractivity contribution in [2.24, 2.45) is 0 Å². The summed E-state index contributed by atoms with van der Waals surface area (Å²) in [7, 11) is 0. The number of phenolic OH excluding ortho intramolecular Hbond substituents is 1. The molecule has 220 valence electrons. The maximum Gasteiger partial charge on any atom is 0.412 e. The molecule has 0 aliphatic carbocycles. The van der Waals surface area contributed by atoms with Gasteiger partial charge in [-0.15, -0.1) is 22.9 Å². The van der Waals surface area contributed by atoms with Crippen molar-refractivity contribution in [3.8, 4) is 5.75 Å². The van der Waals surface area contributed by atoms with E-state index in [1.807, 2.05) is 24.3 Å². The molecule has 0 bridgehead atoms. The van der Waals surface area contributed by atoms with Crippen LogP contribution in [0.15, 0.2) is 66.0 Å². The molecule has 0 radical (unpaired) electrons. The van der Waals surface area contributed by atoms with Crippen LogP contribution in [0.25, 0.3) is 21.7 Å². The van der Waals surface area contributed by atoms with E-state index < -0.39 is 11.7 Å². The number of aromatic amines is 1. The molecule has 4 N–H and O–H groups in total. The highest BCUT2D eigenvalue weighted by atomic mass is 35.5. The molecule has 5 aromatic rings. The summed E-state index contributed by atoms with van der Waals surface area (Å²) in [5, 5.41) is 20.2. The maximum atomic E-state index is 13.8. The Balaban J connectivity index is 1.20. The molecular weight excluding hydrogens is 588 g/mol. The van der Waals surface area contributed by atoms with Crippen LogP contribution in [0.3, 0.4) is 0 Å². The Morgan fingerprint density at radius 1 is 1.05 bits per heavy atom. The van der Waals surface area contributed by atoms with Gasteiger partial charge >= 0.3 is 6.09 Å². The van der Waals surface area contributed by atoms with Crippen molar-refractivity contribution in [2.75, 3.05) is 28.0 Å². The van der Waals surface area contributed by atoms with Gasteiger partial charge in [-0.1, -0.05) is 24.3 Å². The smallest absolute Gasteiger partial charge is 0.412 e. The number of phenols is 1. The number of hydrogen-bond acceptors (Lipinski definition) is 6. The van der Waals surface area contributed by atoms with Crippen LogP contribution in [0.5, 0.6) is 5.75 Å². The first-order valence-corrected chi connectivity index (χ1v) is 15.1. The predicted octanol–water partition coefficient (Wildman–Crippen LogP) is 7.67. The fraction of sp³-hybridized carbons (Fsp3) is 0.219. The molecule has 2 aromatic heterocycles.